The van der Waals surface area contributed by atoms with Crippen molar-refractivity contribution >= 4 is 17.6 Å². The number of rotatable bonds is 3. The summed E-state index contributed by atoms with van der Waals surface area (Å²) in [5.41, 5.74) is 6.97. The van der Waals surface area contributed by atoms with Crippen molar-refractivity contribution in [2.45, 2.75) is 52.0 Å². The molecule has 0 amide bonds. The SMILES string of the molecule is Cc1cc([N+](C)(C)C)cc(C)c1[N+]1=CC(C)(c2ccccc2)CC1(C)C. The molecule has 0 radical (unpaired) electrons. The zero-order valence-electron chi connectivity index (χ0n) is 17.7. The van der Waals surface area contributed by atoms with E-state index in [1.165, 1.54) is 28.1 Å². The summed E-state index contributed by atoms with van der Waals surface area (Å²) in [6, 6.07) is 15.6. The molecule has 0 N–H and O–H groups in total. The summed E-state index contributed by atoms with van der Waals surface area (Å²) in [5, 5.41) is 0. The topological polar surface area (TPSA) is 3.01 Å². The van der Waals surface area contributed by atoms with Crippen molar-refractivity contribution < 1.29 is 4.58 Å². The molecule has 2 aromatic rings. The third kappa shape index (κ3) is 3.23. The van der Waals surface area contributed by atoms with Gasteiger partial charge in [-0.3, -0.25) is 4.48 Å². The van der Waals surface area contributed by atoms with Crippen molar-refractivity contribution in [1.82, 2.24) is 4.48 Å². The van der Waals surface area contributed by atoms with Crippen LogP contribution in [0.3, 0.4) is 0 Å². The molecule has 1 aliphatic rings. The molecule has 0 saturated carbocycles. The van der Waals surface area contributed by atoms with Crippen molar-refractivity contribution in [3.8, 4) is 0 Å². The van der Waals surface area contributed by atoms with Crippen LogP contribution in [0.4, 0.5) is 11.4 Å². The van der Waals surface area contributed by atoms with Gasteiger partial charge in [-0.15, -0.1) is 0 Å². The Labute approximate surface area is 159 Å². The number of hydrogen-bond donors (Lipinski definition) is 0. The molecule has 1 heterocycles. The first-order valence-electron chi connectivity index (χ1n) is 9.58. The summed E-state index contributed by atoms with van der Waals surface area (Å²) in [4.78, 5) is 0. The molecule has 0 spiro atoms. The minimum absolute atomic E-state index is 0.0579. The quantitative estimate of drug-likeness (QED) is 0.518. The van der Waals surface area contributed by atoms with Gasteiger partial charge in [-0.25, -0.2) is 0 Å². The van der Waals surface area contributed by atoms with Gasteiger partial charge >= 0.3 is 0 Å². The summed E-state index contributed by atoms with van der Waals surface area (Å²) in [6.45, 7) is 11.6. The van der Waals surface area contributed by atoms with Crippen LogP contribution in [0, 0.1) is 13.8 Å². The fourth-order valence-electron chi connectivity index (χ4n) is 4.55. The van der Waals surface area contributed by atoms with E-state index in [4.69, 9.17) is 0 Å². The average molecular weight is 351 g/mol. The van der Waals surface area contributed by atoms with Crippen LogP contribution < -0.4 is 4.48 Å². The van der Waals surface area contributed by atoms with Crippen molar-refractivity contribution in [1.29, 1.82) is 0 Å². The van der Waals surface area contributed by atoms with E-state index in [-0.39, 0.29) is 11.0 Å². The highest BCUT2D eigenvalue weighted by molar-refractivity contribution is 5.73. The van der Waals surface area contributed by atoms with E-state index < -0.39 is 0 Å². The van der Waals surface area contributed by atoms with Gasteiger partial charge in [0, 0.05) is 43.5 Å². The third-order valence-electron chi connectivity index (χ3n) is 5.79. The van der Waals surface area contributed by atoms with Crippen molar-refractivity contribution in [3.63, 3.8) is 0 Å². The zero-order chi connectivity index (χ0) is 19.3. The van der Waals surface area contributed by atoms with Gasteiger partial charge in [-0.05, 0) is 26.3 Å². The molecule has 138 valence electrons. The molecule has 3 rings (SSSR count). The predicted molar refractivity (Wildman–Crippen MR) is 114 cm³/mol. The van der Waals surface area contributed by atoms with E-state index in [2.05, 4.69) is 109 Å². The lowest BCUT2D eigenvalue weighted by Crippen LogP contribution is -2.35. The van der Waals surface area contributed by atoms with Crippen LogP contribution in [-0.2, 0) is 5.41 Å². The van der Waals surface area contributed by atoms with Crippen LogP contribution in [0.5, 0.6) is 0 Å². The van der Waals surface area contributed by atoms with Gasteiger partial charge in [0.25, 0.3) is 0 Å². The molecule has 1 unspecified atom stereocenters. The molecule has 1 atom stereocenters. The van der Waals surface area contributed by atoms with Gasteiger partial charge in [0.1, 0.15) is 5.69 Å². The van der Waals surface area contributed by atoms with E-state index in [0.29, 0.717) is 0 Å². The molecule has 2 aromatic carbocycles. The summed E-state index contributed by atoms with van der Waals surface area (Å²) in [6.07, 6.45) is 3.57. The fourth-order valence-corrected chi connectivity index (χ4v) is 4.55. The summed E-state index contributed by atoms with van der Waals surface area (Å²) in [7, 11) is 6.69. The molecule has 2 heteroatoms. The molecular weight excluding hydrogens is 316 g/mol. The van der Waals surface area contributed by atoms with E-state index in [1.807, 2.05) is 0 Å². The number of aryl methyl sites for hydroxylation is 2. The highest BCUT2D eigenvalue weighted by atomic mass is 15.3. The molecular formula is C24H34N2+2. The lowest BCUT2D eigenvalue weighted by atomic mass is 9.77. The maximum atomic E-state index is 2.53. The highest BCUT2D eigenvalue weighted by Gasteiger charge is 2.50. The van der Waals surface area contributed by atoms with Crippen molar-refractivity contribution in [2.24, 2.45) is 0 Å². The van der Waals surface area contributed by atoms with E-state index in [0.717, 1.165) is 10.9 Å². The predicted octanol–water partition coefficient (Wildman–Crippen LogP) is 5.36. The van der Waals surface area contributed by atoms with Crippen molar-refractivity contribution in [3.05, 3.63) is 59.2 Å². The third-order valence-corrected chi connectivity index (χ3v) is 5.79. The van der Waals surface area contributed by atoms with Gasteiger partial charge in [0.05, 0.1) is 26.6 Å². The summed E-state index contributed by atoms with van der Waals surface area (Å²) < 4.78 is 3.38. The minimum Gasteiger partial charge on any atom is -0.298 e. The molecule has 2 nitrogen and oxygen atoms in total. The number of hydrogen-bond acceptors (Lipinski definition) is 0. The largest absolute Gasteiger partial charge is 0.298 e. The first-order chi connectivity index (χ1) is 11.9. The van der Waals surface area contributed by atoms with Crippen molar-refractivity contribution in [2.75, 3.05) is 21.1 Å². The maximum absolute atomic E-state index is 2.53. The van der Waals surface area contributed by atoms with Gasteiger partial charge in [-0.1, -0.05) is 30.3 Å². The Morgan fingerprint density at radius 3 is 1.92 bits per heavy atom. The average Bonchev–Trinajstić information content (AvgIpc) is 2.77. The maximum Gasteiger partial charge on any atom is 0.211 e. The molecule has 0 bridgehead atoms. The molecule has 0 aliphatic carbocycles. The molecule has 0 fully saturated rings. The lowest BCUT2D eigenvalue weighted by Gasteiger charge is -2.26. The molecule has 1 aliphatic heterocycles. The Morgan fingerprint density at radius 2 is 1.42 bits per heavy atom. The second-order valence-electron chi connectivity index (χ2n) is 9.71. The molecule has 0 saturated heterocycles. The second-order valence-corrected chi connectivity index (χ2v) is 9.71. The standard InChI is InChI=1S/C24H34N2/c1-18-14-21(26(6,7)8)15-19(2)22(18)25-17-24(5,16-23(25,3)4)20-12-10-9-11-13-20/h9-15,17H,16H2,1-8H3/q+2. The Kier molecular flexibility index (Phi) is 4.39. The second kappa shape index (κ2) is 6.06. The Bertz CT molecular complexity index is 831. The molecule has 0 aromatic heterocycles. The van der Waals surface area contributed by atoms with E-state index in [1.54, 1.807) is 0 Å². The Hall–Kier alpha value is -1.93. The first-order valence-corrected chi connectivity index (χ1v) is 9.58. The summed E-state index contributed by atoms with van der Waals surface area (Å²) in [5.74, 6) is 0. The number of nitrogens with zero attached hydrogens (tertiary/aromatic N) is 2. The normalized spacial score (nSPS) is 22.4. The molecule has 26 heavy (non-hydrogen) atoms. The van der Waals surface area contributed by atoms with Crippen LogP contribution in [0.1, 0.15) is 43.9 Å². The van der Waals surface area contributed by atoms with Crippen LogP contribution in [0.25, 0.3) is 0 Å². The van der Waals surface area contributed by atoms with Crippen LogP contribution in [0.2, 0.25) is 0 Å². The first kappa shape index (κ1) is 18.8. The van der Waals surface area contributed by atoms with Gasteiger partial charge < -0.3 is 0 Å². The van der Waals surface area contributed by atoms with Crippen LogP contribution in [-0.4, -0.2) is 37.5 Å². The van der Waals surface area contributed by atoms with Crippen LogP contribution >= 0.6 is 0 Å². The fraction of sp³-hybridized carbons (Fsp3) is 0.458. The Balaban J connectivity index is 2.15. The monoisotopic (exact) mass is 350 g/mol. The van der Waals surface area contributed by atoms with Gasteiger partial charge in [0.2, 0.25) is 5.69 Å². The van der Waals surface area contributed by atoms with Gasteiger partial charge in [-0.2, -0.15) is 4.58 Å². The van der Waals surface area contributed by atoms with Gasteiger partial charge in [0.15, 0.2) is 11.8 Å². The Morgan fingerprint density at radius 1 is 0.885 bits per heavy atom. The summed E-state index contributed by atoms with van der Waals surface area (Å²) >= 11 is 0. The van der Waals surface area contributed by atoms with E-state index >= 15 is 0 Å². The lowest BCUT2D eigenvalue weighted by molar-refractivity contribution is -0.512. The zero-order valence-corrected chi connectivity index (χ0v) is 17.7. The van der Waals surface area contributed by atoms with Crippen LogP contribution in [0.15, 0.2) is 42.5 Å². The smallest absolute Gasteiger partial charge is 0.211 e. The minimum atomic E-state index is 0.0579. The van der Waals surface area contributed by atoms with E-state index in [9.17, 15) is 0 Å². The highest BCUT2D eigenvalue weighted by Crippen LogP contribution is 2.43. The number of quaternary nitrogens is 1. The number of benzene rings is 2.